The number of rotatable bonds is 6. The number of carbonyl (C=O) groups excluding carboxylic acids is 1. The quantitative estimate of drug-likeness (QED) is 0.855. The number of nitrogens with zero attached hydrogens (tertiary/aromatic N) is 1. The van der Waals surface area contributed by atoms with E-state index in [1.807, 2.05) is 18.2 Å². The third kappa shape index (κ3) is 4.56. The third-order valence-electron chi connectivity index (χ3n) is 5.14. The molecule has 1 aromatic rings. The number of hydrogen-bond donors (Lipinski definition) is 1. The van der Waals surface area contributed by atoms with Gasteiger partial charge in [-0.05, 0) is 24.5 Å². The summed E-state index contributed by atoms with van der Waals surface area (Å²) in [5, 5.41) is 3.16. The molecule has 2 aliphatic heterocycles. The number of ether oxygens (including phenoxy) is 2. The Labute approximate surface area is 144 Å². The van der Waals surface area contributed by atoms with Crippen LogP contribution in [0.2, 0.25) is 0 Å². The first-order valence-electron chi connectivity index (χ1n) is 8.95. The Bertz CT molecular complexity index is 537. The van der Waals surface area contributed by atoms with Gasteiger partial charge in [0.2, 0.25) is 5.91 Å². The molecule has 1 amide bonds. The maximum atomic E-state index is 12.4. The van der Waals surface area contributed by atoms with Crippen molar-refractivity contribution in [1.82, 2.24) is 10.2 Å². The molecule has 0 radical (unpaired) electrons. The lowest BCUT2D eigenvalue weighted by Crippen LogP contribution is -2.52. The smallest absolute Gasteiger partial charge is 0.224 e. The second-order valence-electron chi connectivity index (χ2n) is 6.75. The van der Waals surface area contributed by atoms with Crippen molar-refractivity contribution in [2.24, 2.45) is 5.92 Å². The van der Waals surface area contributed by atoms with Crippen molar-refractivity contribution in [1.29, 1.82) is 0 Å². The number of nitrogens with one attached hydrogen (secondary N) is 1. The second-order valence-corrected chi connectivity index (χ2v) is 6.75. The van der Waals surface area contributed by atoms with Gasteiger partial charge in [0.25, 0.3) is 0 Å². The number of amides is 1. The van der Waals surface area contributed by atoms with Gasteiger partial charge in [0, 0.05) is 38.2 Å². The minimum absolute atomic E-state index is 0.0986. The van der Waals surface area contributed by atoms with Crippen LogP contribution in [0.4, 0.5) is 0 Å². The van der Waals surface area contributed by atoms with Crippen LogP contribution in [0.1, 0.15) is 17.5 Å². The molecule has 0 aromatic heterocycles. The summed E-state index contributed by atoms with van der Waals surface area (Å²) in [5.41, 5.74) is 2.27. The zero-order chi connectivity index (χ0) is 16.8. The van der Waals surface area contributed by atoms with E-state index in [9.17, 15) is 4.79 Å². The number of hydrogen-bond acceptors (Lipinski definition) is 4. The van der Waals surface area contributed by atoms with E-state index in [0.29, 0.717) is 24.9 Å². The molecule has 0 aliphatic carbocycles. The molecule has 1 aromatic carbocycles. The third-order valence-corrected chi connectivity index (χ3v) is 5.14. The van der Waals surface area contributed by atoms with E-state index in [1.54, 1.807) is 0 Å². The minimum Gasteiger partial charge on any atom is -0.381 e. The lowest BCUT2D eigenvalue weighted by molar-refractivity contribution is -0.121. The van der Waals surface area contributed by atoms with Gasteiger partial charge in [0.05, 0.1) is 26.2 Å². The summed E-state index contributed by atoms with van der Waals surface area (Å²) in [6.45, 7) is 7.82. The Balaban J connectivity index is 1.56. The molecule has 132 valence electrons. The standard InChI is InChI=1S/C19H28N2O3/c1-15-4-2-3-5-16(15)12-19(22)20-13-18(17-6-9-24-14-17)21-7-10-23-11-8-21/h2-5,17-18H,6-14H2,1H3,(H,20,22)/t17-,18-/m0/s1. The van der Waals surface area contributed by atoms with Gasteiger partial charge < -0.3 is 14.8 Å². The van der Waals surface area contributed by atoms with Crippen LogP contribution in [0.25, 0.3) is 0 Å². The summed E-state index contributed by atoms with van der Waals surface area (Å²) in [7, 11) is 0. The maximum Gasteiger partial charge on any atom is 0.224 e. The average molecular weight is 332 g/mol. The Hall–Kier alpha value is -1.43. The number of carbonyl (C=O) groups is 1. The van der Waals surface area contributed by atoms with E-state index in [-0.39, 0.29) is 5.91 Å². The Morgan fingerprint density at radius 1 is 1.25 bits per heavy atom. The SMILES string of the molecule is Cc1ccccc1CC(=O)NC[C@@H]([C@H]1CCOC1)N1CCOCC1. The van der Waals surface area contributed by atoms with Crippen molar-refractivity contribution in [2.75, 3.05) is 46.1 Å². The van der Waals surface area contributed by atoms with Crippen molar-refractivity contribution in [3.8, 4) is 0 Å². The molecule has 0 unspecified atom stereocenters. The van der Waals surface area contributed by atoms with Gasteiger partial charge in [0.15, 0.2) is 0 Å². The molecule has 0 saturated carbocycles. The first-order chi connectivity index (χ1) is 11.7. The largest absolute Gasteiger partial charge is 0.381 e. The molecule has 2 aliphatic rings. The van der Waals surface area contributed by atoms with E-state index in [0.717, 1.165) is 51.5 Å². The van der Waals surface area contributed by atoms with Gasteiger partial charge in [0.1, 0.15) is 0 Å². The van der Waals surface area contributed by atoms with Crippen LogP contribution in [0, 0.1) is 12.8 Å². The molecule has 1 N–H and O–H groups in total. The minimum atomic E-state index is 0.0986. The van der Waals surface area contributed by atoms with Crippen LogP contribution < -0.4 is 5.32 Å². The van der Waals surface area contributed by atoms with E-state index in [4.69, 9.17) is 9.47 Å². The van der Waals surface area contributed by atoms with Crippen LogP contribution in [0.15, 0.2) is 24.3 Å². The lowest BCUT2D eigenvalue weighted by Gasteiger charge is -2.37. The maximum absolute atomic E-state index is 12.4. The number of morpholine rings is 1. The van der Waals surface area contributed by atoms with E-state index in [2.05, 4.69) is 23.2 Å². The summed E-state index contributed by atoms with van der Waals surface area (Å²) in [6.07, 6.45) is 1.53. The molecule has 3 rings (SSSR count). The van der Waals surface area contributed by atoms with Crippen LogP contribution in [-0.2, 0) is 20.7 Å². The van der Waals surface area contributed by atoms with Gasteiger partial charge >= 0.3 is 0 Å². The first kappa shape index (κ1) is 17.4. The van der Waals surface area contributed by atoms with Gasteiger partial charge in [-0.25, -0.2) is 0 Å². The van der Waals surface area contributed by atoms with Gasteiger partial charge in [-0.15, -0.1) is 0 Å². The molecule has 0 bridgehead atoms. The highest BCUT2D eigenvalue weighted by Crippen LogP contribution is 2.22. The molecule has 24 heavy (non-hydrogen) atoms. The molecule has 5 heteroatoms. The van der Waals surface area contributed by atoms with Crippen molar-refractivity contribution >= 4 is 5.91 Å². The van der Waals surface area contributed by atoms with Crippen LogP contribution >= 0.6 is 0 Å². The average Bonchev–Trinajstić information content (AvgIpc) is 3.12. The lowest BCUT2D eigenvalue weighted by atomic mass is 9.96. The summed E-state index contributed by atoms with van der Waals surface area (Å²) >= 11 is 0. The van der Waals surface area contributed by atoms with Crippen LogP contribution in [0.3, 0.4) is 0 Å². The molecule has 2 fully saturated rings. The Morgan fingerprint density at radius 2 is 2.04 bits per heavy atom. The van der Waals surface area contributed by atoms with Gasteiger partial charge in [-0.2, -0.15) is 0 Å². The molecule has 0 spiro atoms. The highest BCUT2D eigenvalue weighted by molar-refractivity contribution is 5.78. The fourth-order valence-electron chi connectivity index (χ4n) is 3.62. The zero-order valence-electron chi connectivity index (χ0n) is 14.5. The summed E-state index contributed by atoms with van der Waals surface area (Å²) in [6, 6.07) is 8.42. The number of benzene rings is 1. The second kappa shape index (κ2) is 8.60. The molecule has 5 nitrogen and oxygen atoms in total. The number of aryl methyl sites for hydroxylation is 1. The van der Waals surface area contributed by atoms with Gasteiger partial charge in [-0.1, -0.05) is 24.3 Å². The molecular weight excluding hydrogens is 304 g/mol. The Kier molecular flexibility index (Phi) is 6.24. The normalized spacial score (nSPS) is 23.1. The summed E-state index contributed by atoms with van der Waals surface area (Å²) < 4.78 is 11.0. The van der Waals surface area contributed by atoms with E-state index < -0.39 is 0 Å². The fraction of sp³-hybridized carbons (Fsp3) is 0.632. The highest BCUT2D eigenvalue weighted by Gasteiger charge is 2.31. The predicted octanol–water partition coefficient (Wildman–Crippen LogP) is 1.39. The summed E-state index contributed by atoms with van der Waals surface area (Å²) in [5.74, 6) is 0.600. The zero-order valence-corrected chi connectivity index (χ0v) is 14.5. The topological polar surface area (TPSA) is 50.8 Å². The highest BCUT2D eigenvalue weighted by atomic mass is 16.5. The van der Waals surface area contributed by atoms with Crippen molar-refractivity contribution in [2.45, 2.75) is 25.8 Å². The molecule has 2 saturated heterocycles. The Morgan fingerprint density at radius 3 is 2.75 bits per heavy atom. The molecule has 2 atom stereocenters. The predicted molar refractivity (Wildman–Crippen MR) is 93.0 cm³/mol. The summed E-state index contributed by atoms with van der Waals surface area (Å²) in [4.78, 5) is 14.8. The monoisotopic (exact) mass is 332 g/mol. The van der Waals surface area contributed by atoms with Crippen LogP contribution in [-0.4, -0.2) is 62.9 Å². The van der Waals surface area contributed by atoms with E-state index >= 15 is 0 Å². The van der Waals surface area contributed by atoms with E-state index in [1.165, 1.54) is 5.56 Å². The van der Waals surface area contributed by atoms with Crippen molar-refractivity contribution in [3.63, 3.8) is 0 Å². The fourth-order valence-corrected chi connectivity index (χ4v) is 3.62. The van der Waals surface area contributed by atoms with Crippen molar-refractivity contribution in [3.05, 3.63) is 35.4 Å². The van der Waals surface area contributed by atoms with Crippen molar-refractivity contribution < 1.29 is 14.3 Å². The van der Waals surface area contributed by atoms with Gasteiger partial charge in [-0.3, -0.25) is 9.69 Å². The first-order valence-corrected chi connectivity index (χ1v) is 8.95. The van der Waals surface area contributed by atoms with Crippen LogP contribution in [0.5, 0.6) is 0 Å². The molecule has 2 heterocycles. The molecular formula is C19H28N2O3.